The molecule has 13 heteroatoms. The summed E-state index contributed by atoms with van der Waals surface area (Å²) in [6.45, 7) is 16.6. The van der Waals surface area contributed by atoms with E-state index in [2.05, 4.69) is 26.8 Å². The summed E-state index contributed by atoms with van der Waals surface area (Å²) in [6, 6.07) is 0. The van der Waals surface area contributed by atoms with Gasteiger partial charge in [0.1, 0.15) is 23.4 Å². The first-order chi connectivity index (χ1) is 31.3. The fourth-order valence-electron chi connectivity index (χ4n) is 19.0. The van der Waals surface area contributed by atoms with Crippen LogP contribution in [0.1, 0.15) is 136 Å². The number of aromatic nitrogens is 2. The zero-order valence-electron chi connectivity index (χ0n) is 40.9. The Balaban J connectivity index is 0.774. The summed E-state index contributed by atoms with van der Waals surface area (Å²) in [5.74, 6) is -2.32. The molecule has 23 unspecified atom stereocenters. The van der Waals surface area contributed by atoms with Crippen LogP contribution >= 0.6 is 0 Å². The molecule has 67 heavy (non-hydrogen) atoms. The number of hydrogen-bond acceptors (Lipinski definition) is 13. The van der Waals surface area contributed by atoms with Crippen LogP contribution in [0, 0.1) is 69.0 Å². The highest BCUT2D eigenvalue weighted by atomic mass is 16.7. The van der Waals surface area contributed by atoms with E-state index in [0.29, 0.717) is 57.3 Å². The molecule has 0 amide bonds. The molecule has 13 rings (SSSR count). The van der Waals surface area contributed by atoms with Crippen LogP contribution < -0.4 is 0 Å². The van der Waals surface area contributed by atoms with Gasteiger partial charge in [0.05, 0.1) is 65.5 Å². The largest absolute Gasteiger partial charge is 0.392 e. The lowest BCUT2D eigenvalue weighted by Crippen LogP contribution is -2.66. The molecule has 12 aliphatic rings. The topological polar surface area (TPSA) is 204 Å². The highest BCUT2D eigenvalue weighted by Gasteiger charge is 2.79. The Hall–Kier alpha value is -1.88. The highest BCUT2D eigenvalue weighted by Crippen LogP contribution is 2.73. The lowest BCUT2D eigenvalue weighted by atomic mass is 9.43. The molecule has 7 N–H and O–H groups in total. The van der Waals surface area contributed by atoms with Crippen molar-refractivity contribution >= 4 is 0 Å². The first-order valence-electron chi connectivity index (χ1n) is 26.2. The van der Waals surface area contributed by atoms with E-state index in [9.17, 15) is 35.7 Å². The predicted molar refractivity (Wildman–Crippen MR) is 243 cm³/mol. The fourth-order valence-corrected chi connectivity index (χ4v) is 19.0. The van der Waals surface area contributed by atoms with E-state index in [-0.39, 0.29) is 53.6 Å². The van der Waals surface area contributed by atoms with Crippen LogP contribution in [0.4, 0.5) is 0 Å². The van der Waals surface area contributed by atoms with E-state index in [1.807, 2.05) is 26.8 Å². The van der Waals surface area contributed by atoms with Gasteiger partial charge in [-0.15, -0.1) is 0 Å². The van der Waals surface area contributed by atoms with Crippen LogP contribution in [0.3, 0.4) is 0 Å². The van der Waals surface area contributed by atoms with Gasteiger partial charge in [-0.05, 0) is 125 Å². The summed E-state index contributed by atoms with van der Waals surface area (Å²) in [6.07, 6.45) is 9.22. The van der Waals surface area contributed by atoms with E-state index in [4.69, 9.17) is 28.9 Å². The summed E-state index contributed by atoms with van der Waals surface area (Å²) in [5.41, 5.74) is -0.720. The number of rotatable bonds is 0. The molecule has 0 radical (unpaired) electrons. The molecular weight excluding hydrogens is 853 g/mol. The maximum atomic E-state index is 12.9. The van der Waals surface area contributed by atoms with E-state index in [0.717, 1.165) is 66.0 Å². The van der Waals surface area contributed by atoms with Crippen molar-refractivity contribution in [1.82, 2.24) is 9.97 Å². The molecule has 368 valence electrons. The van der Waals surface area contributed by atoms with Gasteiger partial charge < -0.3 is 54.7 Å². The lowest BCUT2D eigenvalue weighted by molar-refractivity contribution is -0.289. The standard InChI is InChI=1S/C54H76N2O11/c1-26-51(13-11-45(3,60)24-64-51)66-42-20-32-30-10-9-28-15-35-37(22-47(28,5)31(30)18-40(58)49(32,7)53(26,42)62)56-36-16-29-17-39(57)44-33(48(29,6)23-38(36)55-35)19-41(59)50(8)34(44)21-43-54(50,63)27(2)52(67-43)14-12-46(4,61)25-65-52/h20-21,26-31,33,39-44,57-63H,9-19,22-25H2,1-8H3. The second-order valence-corrected chi connectivity index (χ2v) is 26.4. The Morgan fingerprint density at radius 3 is 1.57 bits per heavy atom. The van der Waals surface area contributed by atoms with Gasteiger partial charge >= 0.3 is 0 Å². The Kier molecular flexibility index (Phi) is 9.00. The quantitative estimate of drug-likeness (QED) is 0.181. The van der Waals surface area contributed by atoms with Crippen molar-refractivity contribution in [2.24, 2.45) is 69.0 Å². The summed E-state index contributed by atoms with van der Waals surface area (Å²) in [4.78, 5) is 11.1. The van der Waals surface area contributed by atoms with E-state index >= 15 is 0 Å². The number of nitrogens with zero attached hydrogens (tertiary/aromatic N) is 2. The van der Waals surface area contributed by atoms with Crippen molar-refractivity contribution in [3.8, 4) is 0 Å². The zero-order chi connectivity index (χ0) is 47.2. The van der Waals surface area contributed by atoms with Crippen LogP contribution in [0.2, 0.25) is 0 Å². The van der Waals surface area contributed by atoms with Gasteiger partial charge in [0.25, 0.3) is 0 Å². The Bertz CT molecular complexity index is 2370. The van der Waals surface area contributed by atoms with Gasteiger partial charge in [0.2, 0.25) is 0 Å². The van der Waals surface area contributed by atoms with Crippen LogP contribution in [0.15, 0.2) is 23.3 Å². The van der Waals surface area contributed by atoms with Gasteiger partial charge in [0.15, 0.2) is 11.6 Å². The summed E-state index contributed by atoms with van der Waals surface area (Å²) in [7, 11) is 0. The van der Waals surface area contributed by atoms with Gasteiger partial charge in [-0.3, -0.25) is 9.97 Å². The average molecular weight is 929 g/mol. The van der Waals surface area contributed by atoms with E-state index < -0.39 is 87.2 Å². The van der Waals surface area contributed by atoms with Crippen molar-refractivity contribution in [1.29, 1.82) is 0 Å². The molecule has 4 saturated heterocycles. The molecule has 13 nitrogen and oxygen atoms in total. The first kappa shape index (κ1) is 45.0. The van der Waals surface area contributed by atoms with Gasteiger partial charge in [-0.1, -0.05) is 64.8 Å². The second-order valence-electron chi connectivity index (χ2n) is 26.4. The molecular formula is C54H76N2O11. The lowest BCUT2D eigenvalue weighted by Gasteiger charge is -2.62. The van der Waals surface area contributed by atoms with Gasteiger partial charge in [-0.25, -0.2) is 0 Å². The Labute approximate surface area is 395 Å². The first-order valence-corrected chi connectivity index (χ1v) is 26.2. The average Bonchev–Trinajstić information content (AvgIpc) is 3.82. The number of hydrogen-bond donors (Lipinski definition) is 7. The van der Waals surface area contributed by atoms with Crippen molar-refractivity contribution < 1.29 is 54.7 Å². The van der Waals surface area contributed by atoms with Crippen LogP contribution in [-0.2, 0) is 44.6 Å². The van der Waals surface area contributed by atoms with Crippen molar-refractivity contribution in [3.63, 3.8) is 0 Å². The number of ether oxygens (including phenoxy) is 4. The normalized spacial score (nSPS) is 60.0. The maximum absolute atomic E-state index is 12.9. The molecule has 0 aromatic carbocycles. The maximum Gasteiger partial charge on any atom is 0.174 e. The smallest absolute Gasteiger partial charge is 0.174 e. The van der Waals surface area contributed by atoms with Crippen molar-refractivity contribution in [2.45, 2.75) is 203 Å². The molecule has 1 aromatic rings. The molecule has 8 aliphatic carbocycles. The SMILES string of the molecule is CC1C2(CCC(C)(O)CO2)OC2C=C3C4CCC5Cc6nc7c(nc6CC5(C)C4CC(O)C3(C)C21O)CC1CC(O)C2C3=CC4OC5(CCC(C)(O)CO5)C(C)C4(O)C3(C)C(O)CC2C1(C)C7. The van der Waals surface area contributed by atoms with E-state index in [1.54, 1.807) is 13.8 Å². The highest BCUT2D eigenvalue weighted by molar-refractivity contribution is 5.45. The van der Waals surface area contributed by atoms with Gasteiger partial charge in [-0.2, -0.15) is 0 Å². The zero-order valence-corrected chi connectivity index (χ0v) is 40.9. The molecule has 4 aliphatic heterocycles. The number of aliphatic hydroxyl groups is 7. The Morgan fingerprint density at radius 2 is 1.04 bits per heavy atom. The van der Waals surface area contributed by atoms with Crippen LogP contribution in [0.5, 0.6) is 0 Å². The third-order valence-electron chi connectivity index (χ3n) is 23.4. The molecule has 5 heterocycles. The number of fused-ring (bicyclic) bond motifs is 16. The van der Waals surface area contributed by atoms with Crippen LogP contribution in [0.25, 0.3) is 0 Å². The summed E-state index contributed by atoms with van der Waals surface area (Å²) in [5, 5.41) is 84.4. The third kappa shape index (κ3) is 5.25. The molecule has 8 fully saturated rings. The summed E-state index contributed by atoms with van der Waals surface area (Å²) >= 11 is 0. The predicted octanol–water partition coefficient (Wildman–Crippen LogP) is 4.41. The van der Waals surface area contributed by atoms with Crippen molar-refractivity contribution in [2.75, 3.05) is 13.2 Å². The number of aliphatic hydroxyl groups excluding tert-OH is 3. The Morgan fingerprint density at radius 1 is 0.567 bits per heavy atom. The molecule has 23 atom stereocenters. The molecule has 1 aromatic heterocycles. The molecule has 4 saturated carbocycles. The third-order valence-corrected chi connectivity index (χ3v) is 23.4. The van der Waals surface area contributed by atoms with E-state index in [1.165, 1.54) is 0 Å². The minimum atomic E-state index is -1.45. The minimum absolute atomic E-state index is 0.0378. The van der Waals surface area contributed by atoms with Gasteiger partial charge in [0, 0.05) is 41.4 Å². The van der Waals surface area contributed by atoms with Crippen molar-refractivity contribution in [3.05, 3.63) is 46.1 Å². The molecule has 2 spiro atoms. The monoisotopic (exact) mass is 929 g/mol. The fraction of sp³-hybridized carbons (Fsp3) is 0.852. The second kappa shape index (κ2) is 13.4. The minimum Gasteiger partial charge on any atom is -0.392 e. The molecule has 0 bridgehead atoms. The van der Waals surface area contributed by atoms with Crippen LogP contribution in [-0.4, -0.2) is 123 Å². The summed E-state index contributed by atoms with van der Waals surface area (Å²) < 4.78 is 26.1.